The lowest BCUT2D eigenvalue weighted by molar-refractivity contribution is 0.897. The minimum Gasteiger partial charge on any atom is -0.133 e. The summed E-state index contributed by atoms with van der Waals surface area (Å²) in [5.41, 5.74) is 0. The molecular weight excluding hydrogens is 160 g/mol. The Morgan fingerprint density at radius 2 is 2.60 bits per heavy atom. The molecule has 0 aromatic carbocycles. The normalized spacial score (nSPS) is 17.5. The molecule has 0 fully saturated rings. The molecule has 0 atom stereocenters. The molecule has 1 heterocycles. The van der Waals surface area contributed by atoms with Gasteiger partial charge in [0, 0.05) is 5.75 Å². The number of thioether (sulfide) groups is 2. The molecule has 2 heteroatoms. The van der Waals surface area contributed by atoms with Gasteiger partial charge >= 0.3 is 0 Å². The Balaban J connectivity index is 2.01. The van der Waals surface area contributed by atoms with Gasteiger partial charge in [0.2, 0.25) is 0 Å². The van der Waals surface area contributed by atoms with Gasteiger partial charge in [-0.2, -0.15) is 0 Å². The summed E-state index contributed by atoms with van der Waals surface area (Å²) in [6, 6.07) is 0. The summed E-state index contributed by atoms with van der Waals surface area (Å²) >= 11 is 4.01. The van der Waals surface area contributed by atoms with Crippen LogP contribution >= 0.6 is 23.5 Å². The molecule has 0 N–H and O–H groups in total. The van der Waals surface area contributed by atoms with Gasteiger partial charge in [-0.15, -0.1) is 23.5 Å². The fourth-order valence-corrected chi connectivity index (χ4v) is 3.13. The third-order valence-electron chi connectivity index (χ3n) is 1.47. The van der Waals surface area contributed by atoms with E-state index in [1.807, 2.05) is 23.5 Å². The van der Waals surface area contributed by atoms with Gasteiger partial charge in [0.15, 0.2) is 0 Å². The second-order valence-electron chi connectivity index (χ2n) is 2.41. The zero-order valence-electron chi connectivity index (χ0n) is 6.43. The fraction of sp³-hybridized carbons (Fsp3) is 0.750. The monoisotopic (exact) mass is 174 g/mol. The van der Waals surface area contributed by atoms with Crippen molar-refractivity contribution < 1.29 is 0 Å². The summed E-state index contributed by atoms with van der Waals surface area (Å²) in [6.07, 6.45) is 4.01. The average molecular weight is 174 g/mol. The second kappa shape index (κ2) is 5.14. The maximum Gasteiger partial charge on any atom is 0.00201 e. The first kappa shape index (κ1) is 8.54. The molecule has 0 aromatic rings. The molecule has 0 nitrogen and oxygen atoms in total. The zero-order chi connectivity index (χ0) is 7.23. The summed E-state index contributed by atoms with van der Waals surface area (Å²) in [4.78, 5) is 1.61. The van der Waals surface area contributed by atoms with Gasteiger partial charge in [0.1, 0.15) is 0 Å². The first-order chi connectivity index (χ1) is 4.93. The number of unbranched alkanes of at least 4 members (excludes halogenated alkanes) is 1. The van der Waals surface area contributed by atoms with Crippen LogP contribution in [0.1, 0.15) is 26.2 Å². The molecule has 0 bridgehead atoms. The van der Waals surface area contributed by atoms with Crippen LogP contribution in [0.15, 0.2) is 10.3 Å². The Labute approximate surface area is 71.8 Å². The van der Waals surface area contributed by atoms with E-state index in [2.05, 4.69) is 12.3 Å². The SMILES string of the molecule is CCCCSC1=CSCC1. The van der Waals surface area contributed by atoms with Crippen LogP contribution in [-0.2, 0) is 0 Å². The van der Waals surface area contributed by atoms with E-state index < -0.39 is 0 Å². The van der Waals surface area contributed by atoms with E-state index in [4.69, 9.17) is 0 Å². The topological polar surface area (TPSA) is 0 Å². The molecular formula is C8H14S2. The third kappa shape index (κ3) is 3.02. The summed E-state index contributed by atoms with van der Waals surface area (Å²) in [5.74, 6) is 2.64. The molecule has 0 unspecified atom stereocenters. The van der Waals surface area contributed by atoms with E-state index in [0.717, 1.165) is 0 Å². The lowest BCUT2D eigenvalue weighted by atomic mass is 10.4. The number of hydrogen-bond donors (Lipinski definition) is 0. The van der Waals surface area contributed by atoms with Gasteiger partial charge in [0.05, 0.1) is 0 Å². The summed E-state index contributed by atoms with van der Waals surface area (Å²) < 4.78 is 0. The van der Waals surface area contributed by atoms with E-state index in [1.54, 1.807) is 4.91 Å². The van der Waals surface area contributed by atoms with Crippen molar-refractivity contribution in [3.05, 3.63) is 10.3 Å². The Hall–Kier alpha value is 0.440. The second-order valence-corrected chi connectivity index (χ2v) is 4.61. The molecule has 1 aliphatic heterocycles. The predicted molar refractivity (Wildman–Crippen MR) is 52.5 cm³/mol. The summed E-state index contributed by atoms with van der Waals surface area (Å²) in [7, 11) is 0. The highest BCUT2D eigenvalue weighted by Gasteiger charge is 2.03. The van der Waals surface area contributed by atoms with Gasteiger partial charge in [-0.1, -0.05) is 13.3 Å². The molecule has 0 aromatic heterocycles. The van der Waals surface area contributed by atoms with E-state index in [1.165, 1.54) is 30.8 Å². The van der Waals surface area contributed by atoms with Crippen molar-refractivity contribution in [2.45, 2.75) is 26.2 Å². The van der Waals surface area contributed by atoms with Gasteiger partial charge in [-0.05, 0) is 28.9 Å². The Morgan fingerprint density at radius 1 is 1.70 bits per heavy atom. The zero-order valence-corrected chi connectivity index (χ0v) is 8.06. The van der Waals surface area contributed by atoms with Crippen molar-refractivity contribution in [2.24, 2.45) is 0 Å². The Morgan fingerprint density at radius 3 is 3.20 bits per heavy atom. The summed E-state index contributed by atoms with van der Waals surface area (Å²) in [5, 5.41) is 2.32. The fourth-order valence-electron chi connectivity index (χ4n) is 0.824. The maximum absolute atomic E-state index is 2.32. The van der Waals surface area contributed by atoms with Crippen molar-refractivity contribution in [1.82, 2.24) is 0 Å². The van der Waals surface area contributed by atoms with Crippen LogP contribution in [0.3, 0.4) is 0 Å². The molecule has 0 amide bonds. The largest absolute Gasteiger partial charge is 0.133 e. The molecule has 0 saturated carbocycles. The van der Waals surface area contributed by atoms with Crippen LogP contribution in [0.4, 0.5) is 0 Å². The van der Waals surface area contributed by atoms with E-state index in [0.29, 0.717) is 0 Å². The average Bonchev–Trinajstić information content (AvgIpc) is 2.41. The van der Waals surface area contributed by atoms with E-state index in [9.17, 15) is 0 Å². The molecule has 10 heavy (non-hydrogen) atoms. The smallest absolute Gasteiger partial charge is 0.00201 e. The molecule has 0 radical (unpaired) electrons. The van der Waals surface area contributed by atoms with Crippen LogP contribution in [0, 0.1) is 0 Å². The first-order valence-corrected chi connectivity index (χ1v) is 5.90. The molecule has 0 saturated heterocycles. The third-order valence-corrected chi connectivity index (χ3v) is 3.69. The predicted octanol–water partition coefficient (Wildman–Crippen LogP) is 3.50. The maximum atomic E-state index is 2.32. The number of hydrogen-bond acceptors (Lipinski definition) is 2. The van der Waals surface area contributed by atoms with Crippen LogP contribution in [0.5, 0.6) is 0 Å². The standard InChI is InChI=1S/C8H14S2/c1-2-3-5-10-8-4-6-9-7-8/h7H,2-6H2,1H3. The van der Waals surface area contributed by atoms with Gasteiger partial charge < -0.3 is 0 Å². The van der Waals surface area contributed by atoms with Crippen molar-refractivity contribution in [1.29, 1.82) is 0 Å². The summed E-state index contributed by atoms with van der Waals surface area (Å²) in [6.45, 7) is 2.25. The molecule has 0 spiro atoms. The molecule has 1 aliphatic rings. The minimum atomic E-state index is 1.31. The van der Waals surface area contributed by atoms with E-state index in [-0.39, 0.29) is 0 Å². The quantitative estimate of drug-likeness (QED) is 0.598. The van der Waals surface area contributed by atoms with Crippen LogP contribution in [-0.4, -0.2) is 11.5 Å². The van der Waals surface area contributed by atoms with E-state index >= 15 is 0 Å². The Bertz CT molecular complexity index is 118. The van der Waals surface area contributed by atoms with Gasteiger partial charge in [-0.3, -0.25) is 0 Å². The van der Waals surface area contributed by atoms with Crippen molar-refractivity contribution >= 4 is 23.5 Å². The van der Waals surface area contributed by atoms with Crippen LogP contribution < -0.4 is 0 Å². The highest BCUT2D eigenvalue weighted by molar-refractivity contribution is 8.06. The van der Waals surface area contributed by atoms with Gasteiger partial charge in [0.25, 0.3) is 0 Å². The van der Waals surface area contributed by atoms with Crippen molar-refractivity contribution in [3.63, 3.8) is 0 Å². The minimum absolute atomic E-state index is 1.31. The van der Waals surface area contributed by atoms with Crippen LogP contribution in [0.2, 0.25) is 0 Å². The van der Waals surface area contributed by atoms with Crippen molar-refractivity contribution in [3.8, 4) is 0 Å². The molecule has 58 valence electrons. The number of rotatable bonds is 4. The highest BCUT2D eigenvalue weighted by Crippen LogP contribution is 2.30. The molecule has 0 aliphatic carbocycles. The van der Waals surface area contributed by atoms with Gasteiger partial charge in [-0.25, -0.2) is 0 Å². The number of allylic oxidation sites excluding steroid dienone is 1. The molecule has 1 rings (SSSR count). The van der Waals surface area contributed by atoms with Crippen molar-refractivity contribution in [2.75, 3.05) is 11.5 Å². The lowest BCUT2D eigenvalue weighted by Crippen LogP contribution is -1.78. The Kier molecular flexibility index (Phi) is 4.39. The van der Waals surface area contributed by atoms with Crippen LogP contribution in [0.25, 0.3) is 0 Å². The lowest BCUT2D eigenvalue weighted by Gasteiger charge is -1.97. The first-order valence-electron chi connectivity index (χ1n) is 3.87. The highest BCUT2D eigenvalue weighted by atomic mass is 32.2.